The first kappa shape index (κ1) is 14.5. The predicted octanol–water partition coefficient (Wildman–Crippen LogP) is 2.99. The monoisotopic (exact) mass is 291 g/mol. The molecule has 5 nitrogen and oxygen atoms in total. The number of amides is 1. The van der Waals surface area contributed by atoms with Crippen LogP contribution in [-0.2, 0) is 4.79 Å². The molecule has 6 heteroatoms. The van der Waals surface area contributed by atoms with Crippen molar-refractivity contribution in [2.75, 3.05) is 11.1 Å². The first-order valence-electron chi connectivity index (χ1n) is 6.23. The molecule has 0 radical (unpaired) electrons. The van der Waals surface area contributed by atoms with Gasteiger partial charge in [0, 0.05) is 11.4 Å². The third-order valence-electron chi connectivity index (χ3n) is 2.83. The van der Waals surface area contributed by atoms with Gasteiger partial charge in [-0.3, -0.25) is 4.79 Å². The number of carbonyl (C=O) groups is 1. The molecule has 1 amide bonds. The van der Waals surface area contributed by atoms with Crippen LogP contribution in [0.15, 0.2) is 33.9 Å². The van der Waals surface area contributed by atoms with E-state index in [1.165, 1.54) is 11.8 Å². The van der Waals surface area contributed by atoms with E-state index in [2.05, 4.69) is 10.3 Å². The highest BCUT2D eigenvalue weighted by Crippen LogP contribution is 2.25. The number of benzene rings is 1. The van der Waals surface area contributed by atoms with Crippen molar-refractivity contribution in [3.8, 4) is 0 Å². The van der Waals surface area contributed by atoms with E-state index in [1.54, 1.807) is 24.3 Å². The fraction of sp³-hybridized carbons (Fsp3) is 0.286. The van der Waals surface area contributed by atoms with Crippen molar-refractivity contribution in [3.63, 3.8) is 0 Å². The number of carbonyl (C=O) groups excluding carboxylic acids is 1. The Morgan fingerprint density at radius 2 is 2.00 bits per heavy atom. The number of hydrogen-bond donors (Lipinski definition) is 2. The molecule has 20 heavy (non-hydrogen) atoms. The molecule has 3 N–H and O–H groups in total. The van der Waals surface area contributed by atoms with Crippen LogP contribution in [0.5, 0.6) is 0 Å². The van der Waals surface area contributed by atoms with Gasteiger partial charge in [0.05, 0.1) is 10.9 Å². The Bertz CT molecular complexity index is 588. The highest BCUT2D eigenvalue weighted by molar-refractivity contribution is 8.00. The van der Waals surface area contributed by atoms with Gasteiger partial charge in [-0.15, -0.1) is 0 Å². The van der Waals surface area contributed by atoms with Crippen molar-refractivity contribution in [1.82, 2.24) is 4.98 Å². The molecule has 0 aliphatic rings. The molecule has 0 saturated heterocycles. The van der Waals surface area contributed by atoms with E-state index in [0.29, 0.717) is 10.9 Å². The molecular weight excluding hydrogens is 274 g/mol. The fourth-order valence-corrected chi connectivity index (χ4v) is 2.34. The average Bonchev–Trinajstić information content (AvgIpc) is 2.71. The topological polar surface area (TPSA) is 81.2 Å². The maximum absolute atomic E-state index is 12.1. The lowest BCUT2D eigenvalue weighted by Gasteiger charge is -2.10. The van der Waals surface area contributed by atoms with Crippen LogP contribution in [0.4, 0.5) is 11.4 Å². The van der Waals surface area contributed by atoms with Gasteiger partial charge in [-0.2, -0.15) is 0 Å². The molecule has 0 aliphatic carbocycles. The second-order valence-corrected chi connectivity index (χ2v) is 5.78. The second kappa shape index (κ2) is 6.00. The van der Waals surface area contributed by atoms with E-state index < -0.39 is 0 Å². The Hall–Kier alpha value is -1.95. The first-order chi connectivity index (χ1) is 9.45. The van der Waals surface area contributed by atoms with Crippen LogP contribution < -0.4 is 11.1 Å². The number of hydrogen-bond acceptors (Lipinski definition) is 5. The van der Waals surface area contributed by atoms with Gasteiger partial charge in [-0.25, -0.2) is 4.98 Å². The maximum Gasteiger partial charge on any atom is 0.256 e. The highest BCUT2D eigenvalue weighted by atomic mass is 32.2. The van der Waals surface area contributed by atoms with Crippen molar-refractivity contribution in [3.05, 3.63) is 35.7 Å². The van der Waals surface area contributed by atoms with Gasteiger partial charge in [0.15, 0.2) is 0 Å². The minimum atomic E-state index is -0.301. The van der Waals surface area contributed by atoms with Crippen LogP contribution in [0, 0.1) is 13.8 Å². The van der Waals surface area contributed by atoms with Gasteiger partial charge in [-0.1, -0.05) is 11.8 Å². The Morgan fingerprint density at radius 1 is 1.35 bits per heavy atom. The first-order valence-corrected chi connectivity index (χ1v) is 7.11. The molecule has 1 heterocycles. The number of nitrogens with zero attached hydrogens (tertiary/aromatic N) is 1. The summed E-state index contributed by atoms with van der Waals surface area (Å²) in [6.45, 7) is 5.54. The zero-order chi connectivity index (χ0) is 14.7. The van der Waals surface area contributed by atoms with E-state index in [-0.39, 0.29) is 11.2 Å². The quantitative estimate of drug-likeness (QED) is 0.668. The summed E-state index contributed by atoms with van der Waals surface area (Å²) in [6.07, 6.45) is 0. The molecule has 1 atom stereocenters. The minimum absolute atomic E-state index is 0.103. The van der Waals surface area contributed by atoms with Gasteiger partial charge in [0.1, 0.15) is 5.76 Å². The Morgan fingerprint density at radius 3 is 2.55 bits per heavy atom. The molecule has 1 aromatic carbocycles. The summed E-state index contributed by atoms with van der Waals surface area (Å²) in [5.74, 6) is 0.673. The number of aromatic nitrogens is 1. The lowest BCUT2D eigenvalue weighted by atomic mass is 10.3. The number of rotatable bonds is 4. The van der Waals surface area contributed by atoms with Crippen LogP contribution in [0.3, 0.4) is 0 Å². The summed E-state index contributed by atoms with van der Waals surface area (Å²) in [5.41, 5.74) is 7.83. The van der Waals surface area contributed by atoms with Gasteiger partial charge >= 0.3 is 0 Å². The molecular formula is C14H17N3O2S. The van der Waals surface area contributed by atoms with Crippen LogP contribution in [-0.4, -0.2) is 16.1 Å². The van der Waals surface area contributed by atoms with Crippen molar-refractivity contribution in [2.45, 2.75) is 31.2 Å². The smallest absolute Gasteiger partial charge is 0.256 e. The number of anilines is 2. The zero-order valence-electron chi connectivity index (χ0n) is 11.6. The standard InChI is InChI=1S/C14H17N3O2S/c1-8-9(2)19-14(16-8)20-10(3)13(18)17-12-6-4-11(15)5-7-12/h4-7,10H,15H2,1-3H3,(H,17,18). The van der Waals surface area contributed by atoms with Crippen molar-refractivity contribution in [2.24, 2.45) is 0 Å². The number of thioether (sulfide) groups is 1. The van der Waals surface area contributed by atoms with Crippen molar-refractivity contribution in [1.29, 1.82) is 0 Å². The number of aryl methyl sites for hydroxylation is 2. The zero-order valence-corrected chi connectivity index (χ0v) is 12.5. The molecule has 106 valence electrons. The number of nitrogens with two attached hydrogens (primary N) is 1. The van der Waals surface area contributed by atoms with Gasteiger partial charge in [0.25, 0.3) is 5.22 Å². The van der Waals surface area contributed by atoms with E-state index >= 15 is 0 Å². The highest BCUT2D eigenvalue weighted by Gasteiger charge is 2.18. The fourth-order valence-electron chi connectivity index (χ4n) is 1.51. The predicted molar refractivity (Wildman–Crippen MR) is 80.8 cm³/mol. The largest absolute Gasteiger partial charge is 0.437 e. The molecule has 0 aliphatic heterocycles. The number of nitrogen functional groups attached to an aromatic ring is 1. The Labute approximate surface area is 122 Å². The molecule has 0 bridgehead atoms. The molecule has 2 rings (SSSR count). The normalized spacial score (nSPS) is 12.2. The van der Waals surface area contributed by atoms with E-state index in [4.69, 9.17) is 10.2 Å². The molecule has 0 saturated carbocycles. The summed E-state index contributed by atoms with van der Waals surface area (Å²) < 4.78 is 5.46. The minimum Gasteiger partial charge on any atom is -0.437 e. The summed E-state index contributed by atoms with van der Waals surface area (Å²) >= 11 is 1.29. The Balaban J connectivity index is 1.96. The second-order valence-electron chi connectivity index (χ2n) is 4.49. The van der Waals surface area contributed by atoms with Gasteiger partial charge in [-0.05, 0) is 45.0 Å². The summed E-state index contributed by atoms with van der Waals surface area (Å²) in [6, 6.07) is 7.02. The molecule has 1 aromatic heterocycles. The third-order valence-corrected chi connectivity index (χ3v) is 3.78. The summed E-state index contributed by atoms with van der Waals surface area (Å²) in [4.78, 5) is 16.3. The Kier molecular flexibility index (Phi) is 4.34. The van der Waals surface area contributed by atoms with E-state index in [1.807, 2.05) is 20.8 Å². The van der Waals surface area contributed by atoms with Crippen LogP contribution in [0.1, 0.15) is 18.4 Å². The van der Waals surface area contributed by atoms with Crippen LogP contribution >= 0.6 is 11.8 Å². The SMILES string of the molecule is Cc1nc(SC(C)C(=O)Nc2ccc(N)cc2)oc1C. The van der Waals surface area contributed by atoms with E-state index in [9.17, 15) is 4.79 Å². The summed E-state index contributed by atoms with van der Waals surface area (Å²) in [5, 5.41) is 3.04. The van der Waals surface area contributed by atoms with Gasteiger partial charge in [0.2, 0.25) is 5.91 Å². The maximum atomic E-state index is 12.1. The third kappa shape index (κ3) is 3.54. The number of nitrogens with one attached hydrogen (secondary N) is 1. The average molecular weight is 291 g/mol. The van der Waals surface area contributed by atoms with Crippen LogP contribution in [0.2, 0.25) is 0 Å². The van der Waals surface area contributed by atoms with E-state index in [0.717, 1.165) is 17.1 Å². The van der Waals surface area contributed by atoms with Crippen molar-refractivity contribution >= 4 is 29.0 Å². The lowest BCUT2D eigenvalue weighted by molar-refractivity contribution is -0.115. The molecule has 0 fully saturated rings. The summed E-state index contributed by atoms with van der Waals surface area (Å²) in [7, 11) is 0. The van der Waals surface area contributed by atoms with Crippen molar-refractivity contribution < 1.29 is 9.21 Å². The van der Waals surface area contributed by atoms with Crippen LogP contribution in [0.25, 0.3) is 0 Å². The molecule has 1 unspecified atom stereocenters. The number of oxazole rings is 1. The van der Waals surface area contributed by atoms with Gasteiger partial charge < -0.3 is 15.5 Å². The molecule has 2 aromatic rings. The lowest BCUT2D eigenvalue weighted by Crippen LogP contribution is -2.22. The molecule has 0 spiro atoms.